The second-order valence-corrected chi connectivity index (χ2v) is 33.1. The maximum Gasteiger partial charge on any atom is 0.350 e. The van der Waals surface area contributed by atoms with Crippen LogP contribution in [0.3, 0.4) is 0 Å². The maximum absolute atomic E-state index is 15.1. The number of benzene rings is 6. The standard InChI is InChI=1S/2C30H26ClF2N7O2.C29H24ClF2N7O2S/c2*1-3-26(41)39-12-11-37(16-20(39)15-34-2)29-23-14-24(31)27(21-7-5-18(32)13-25(21)33)22-8-6-19(17-38-10-4-9-35-38)40(28(22)23)30(42)36-29;1-3-24(40)38-10-9-36(14-18(38)13-33-2)28-21-12-22(30)25(20-6-5-17(31)11-23(20)32)27-26(21)39(29(41)35-28)19(16-42-27)15-37-8-4-7-34-37/h2*3-5,7,9-10,13-14,19-20H,1,6,8,11-12,15-17H2;3-8,11-12,18-19H,1,9-10,13-16H2/t2*19?,20-;18-,19?/m000/s1. The molecule has 3 fully saturated rings. The monoisotopic (exact) mass is 1790 g/mol. The number of anilines is 3. The normalized spacial score (nSPS) is 18.2. The number of halogens is 9. The number of aryl methyl sites for hydroxylation is 2. The number of amides is 3. The van der Waals surface area contributed by atoms with Crippen LogP contribution < -0.4 is 31.8 Å². The first-order chi connectivity index (χ1) is 60.9. The van der Waals surface area contributed by atoms with Crippen molar-refractivity contribution in [1.29, 1.82) is 0 Å². The summed E-state index contributed by atoms with van der Waals surface area (Å²) >= 11 is 22.0. The van der Waals surface area contributed by atoms with Gasteiger partial charge in [-0.3, -0.25) is 42.1 Å². The van der Waals surface area contributed by atoms with Crippen LogP contribution in [0.2, 0.25) is 15.1 Å². The van der Waals surface area contributed by atoms with Gasteiger partial charge in [0.25, 0.3) is 0 Å². The second kappa shape index (κ2) is 36.5. The highest BCUT2D eigenvalue weighted by Gasteiger charge is 2.41. The molecule has 6 aliphatic heterocycles. The van der Waals surface area contributed by atoms with E-state index in [1.165, 1.54) is 66.4 Å². The van der Waals surface area contributed by atoms with Gasteiger partial charge in [0.15, 0.2) is 0 Å². The number of thioether (sulfide) groups is 1. The van der Waals surface area contributed by atoms with Crippen LogP contribution in [0.4, 0.5) is 43.8 Å². The number of hydrogen-bond donors (Lipinski definition) is 0. The third-order valence-electron chi connectivity index (χ3n) is 23.6. The fourth-order valence-corrected chi connectivity index (χ4v) is 20.5. The Morgan fingerprint density at radius 2 is 0.770 bits per heavy atom. The number of aromatic nitrogens is 12. The minimum absolute atomic E-state index is 0.0763. The highest BCUT2D eigenvalue weighted by atomic mass is 35.5. The molecule has 642 valence electrons. The molecule has 12 aromatic rings. The maximum atomic E-state index is 15.1. The van der Waals surface area contributed by atoms with Gasteiger partial charge in [-0.25, -0.2) is 60.4 Å². The van der Waals surface area contributed by atoms with Crippen LogP contribution in [0.5, 0.6) is 0 Å². The van der Waals surface area contributed by atoms with E-state index in [0.29, 0.717) is 173 Å². The lowest BCUT2D eigenvalue weighted by Crippen LogP contribution is -2.56. The first-order valence-electron chi connectivity index (χ1n) is 40.2. The van der Waals surface area contributed by atoms with Crippen molar-refractivity contribution >= 4 is 114 Å². The Labute approximate surface area is 735 Å². The Hall–Kier alpha value is -13.3. The summed E-state index contributed by atoms with van der Waals surface area (Å²) in [5.41, 5.74) is 3.26. The van der Waals surface area contributed by atoms with Gasteiger partial charge in [0.1, 0.15) is 70.5 Å². The molecule has 3 saturated heterocycles. The van der Waals surface area contributed by atoms with Crippen LogP contribution >= 0.6 is 46.6 Å². The predicted octanol–water partition coefficient (Wildman–Crippen LogP) is 13.7. The predicted molar refractivity (Wildman–Crippen MR) is 468 cm³/mol. The van der Waals surface area contributed by atoms with Gasteiger partial charge in [0.05, 0.1) is 59.3 Å². The first kappa shape index (κ1) is 86.2. The molecule has 6 aliphatic rings. The summed E-state index contributed by atoms with van der Waals surface area (Å²) < 4.78 is 96.9. The lowest BCUT2D eigenvalue weighted by Gasteiger charge is -2.40. The van der Waals surface area contributed by atoms with Crippen LogP contribution in [0.1, 0.15) is 42.1 Å². The highest BCUT2D eigenvalue weighted by molar-refractivity contribution is 7.99. The molecule has 126 heavy (non-hydrogen) atoms. The third-order valence-corrected chi connectivity index (χ3v) is 25.8. The van der Waals surface area contributed by atoms with Gasteiger partial charge in [-0.1, -0.05) is 54.5 Å². The molecule has 0 bridgehead atoms. The van der Waals surface area contributed by atoms with Crippen molar-refractivity contribution in [3.63, 3.8) is 0 Å². The Kier molecular flexibility index (Phi) is 24.9. The number of nitrogens with zero attached hydrogens (tertiary/aromatic N) is 21. The van der Waals surface area contributed by atoms with Gasteiger partial charge in [-0.15, -0.1) is 11.8 Å². The first-order valence-corrected chi connectivity index (χ1v) is 42.3. The number of carbonyl (C=O) groups is 3. The van der Waals surface area contributed by atoms with Crippen molar-refractivity contribution in [2.24, 2.45) is 0 Å². The zero-order chi connectivity index (χ0) is 88.6. The molecule has 6 atom stereocenters. The molecule has 18 rings (SSSR count). The van der Waals surface area contributed by atoms with Gasteiger partial charge in [-0.05, 0) is 128 Å². The Bertz CT molecular complexity index is 6080. The van der Waals surface area contributed by atoms with E-state index in [1.807, 2.05) is 45.4 Å². The fourth-order valence-electron chi connectivity index (χ4n) is 18.1. The fraction of sp³-hybridized carbons (Fsp3) is 0.292. The van der Waals surface area contributed by atoms with E-state index in [1.54, 1.807) is 85.3 Å². The zero-order valence-corrected chi connectivity index (χ0v) is 70.3. The molecule has 0 spiro atoms. The smallest absolute Gasteiger partial charge is 0.350 e. The third kappa shape index (κ3) is 16.5. The molecule has 27 nitrogen and oxygen atoms in total. The summed E-state index contributed by atoms with van der Waals surface area (Å²) in [6.45, 7) is 37.4. The molecule has 6 aromatic heterocycles. The van der Waals surface area contributed by atoms with Gasteiger partial charge in [-0.2, -0.15) is 30.2 Å². The van der Waals surface area contributed by atoms with Crippen LogP contribution in [0.25, 0.3) is 80.6 Å². The molecule has 0 N–H and O–H groups in total. The van der Waals surface area contributed by atoms with Gasteiger partial charge < -0.3 is 43.9 Å². The SMILES string of the molecule is [C-]#[N+]C[C@H]1CN(c2nc(=O)n3c4c(c(-c5ccc(F)cc5F)c(Cl)cc24)CCC3Cn2cccn2)CCN1C(=O)C=C.[C-]#[N+]C[C@H]1CN(c2nc(=O)n3c4c(c(-c5ccc(F)cc5F)c(Cl)cc24)CCC3Cn2cccn2)CCN1C(=O)C=C.[C-]#[N+]C[C@H]1CN(c2nc(=O)n3c4c(c(-c5ccc(F)cc5F)c(Cl)cc24)SCC3Cn2cccn2)CCN1C(=O)C=C. The summed E-state index contributed by atoms with van der Waals surface area (Å²) in [6, 6.07) is 18.3. The van der Waals surface area contributed by atoms with Crippen molar-refractivity contribution in [1.82, 2.24) is 72.7 Å². The van der Waals surface area contributed by atoms with Gasteiger partial charge >= 0.3 is 17.1 Å². The molecular weight excluding hydrogens is 1710 g/mol. The lowest BCUT2D eigenvalue weighted by molar-refractivity contribution is -0.129. The van der Waals surface area contributed by atoms with E-state index in [2.05, 4.69) is 64.5 Å². The molecule has 3 unspecified atom stereocenters. The van der Waals surface area contributed by atoms with Crippen LogP contribution in [0, 0.1) is 54.6 Å². The summed E-state index contributed by atoms with van der Waals surface area (Å²) in [4.78, 5) is 114. The quantitative estimate of drug-likeness (QED) is 0.0440. The van der Waals surface area contributed by atoms with Crippen molar-refractivity contribution in [3.8, 4) is 33.4 Å². The largest absolute Gasteiger partial charge is 0.352 e. The molecule has 37 heteroatoms. The lowest BCUT2D eigenvalue weighted by atomic mass is 9.89. The van der Waals surface area contributed by atoms with Crippen molar-refractivity contribution < 1.29 is 40.7 Å². The topological polar surface area (TPSA) is 242 Å². The Morgan fingerprint density at radius 1 is 0.444 bits per heavy atom. The molecular formula is C89H76Cl3F6N21O6S. The summed E-state index contributed by atoms with van der Waals surface area (Å²) in [7, 11) is 0. The van der Waals surface area contributed by atoms with Gasteiger partial charge in [0, 0.05) is 185 Å². The molecule has 12 heterocycles. The number of carbonyl (C=O) groups excluding carboxylic acids is 3. The average Bonchev–Trinajstić information content (AvgIpc) is 0.850. The summed E-state index contributed by atoms with van der Waals surface area (Å²) in [5, 5.41) is 15.4. The van der Waals surface area contributed by atoms with Crippen molar-refractivity contribution in [2.45, 2.75) is 86.5 Å². The number of rotatable bonds is 18. The van der Waals surface area contributed by atoms with Crippen LogP contribution in [-0.2, 0) is 46.9 Å². The van der Waals surface area contributed by atoms with Gasteiger partial charge in [0.2, 0.25) is 37.4 Å². The molecule has 0 aliphatic carbocycles. The Balaban J connectivity index is 0.000000139. The van der Waals surface area contributed by atoms with E-state index in [4.69, 9.17) is 54.5 Å². The summed E-state index contributed by atoms with van der Waals surface area (Å²) in [6.07, 6.45) is 16.2. The van der Waals surface area contributed by atoms with E-state index in [0.717, 1.165) is 18.2 Å². The van der Waals surface area contributed by atoms with Crippen LogP contribution in [-0.4, -0.2) is 193 Å². The number of piperazine rings is 3. The van der Waals surface area contributed by atoms with E-state index in [-0.39, 0.29) is 107 Å². The highest BCUT2D eigenvalue weighted by Crippen LogP contribution is 2.51. The second-order valence-electron chi connectivity index (χ2n) is 30.9. The minimum Gasteiger partial charge on any atom is -0.352 e. The minimum atomic E-state index is -0.764. The van der Waals surface area contributed by atoms with Crippen molar-refractivity contribution in [2.75, 3.05) is 99.0 Å². The number of hydrogen-bond acceptors (Lipinski definition) is 16. The van der Waals surface area contributed by atoms with Crippen molar-refractivity contribution in [3.05, 3.63) is 293 Å². The Morgan fingerprint density at radius 3 is 1.10 bits per heavy atom. The summed E-state index contributed by atoms with van der Waals surface area (Å²) in [5.74, 6) is -3.54. The molecule has 0 radical (unpaired) electrons. The average molecular weight is 1790 g/mol. The molecule has 6 aromatic carbocycles. The van der Waals surface area contributed by atoms with E-state index >= 15 is 13.2 Å². The zero-order valence-electron chi connectivity index (χ0n) is 67.2. The van der Waals surface area contributed by atoms with E-state index < -0.39 is 70.1 Å². The molecule has 3 amide bonds. The molecule has 0 saturated carbocycles. The van der Waals surface area contributed by atoms with Crippen LogP contribution in [0.15, 0.2) is 185 Å². The van der Waals surface area contributed by atoms with E-state index in [9.17, 15) is 41.9 Å².